The van der Waals surface area contributed by atoms with Crippen molar-refractivity contribution < 1.29 is 37.3 Å². The standard InChI is InChI=1S/C14H14F3NO5/c15-14(16,17)11-7-18(6-10(23-11)12(19)20)13(21)22-8-9-4-2-1-3-5-9/h1-5,10-11H,6-8H2,(H,19,20). The molecule has 1 N–H and O–H groups in total. The van der Waals surface area contributed by atoms with Crippen LogP contribution in [0.2, 0.25) is 0 Å². The molecule has 2 atom stereocenters. The van der Waals surface area contributed by atoms with Gasteiger partial charge in [-0.1, -0.05) is 30.3 Å². The predicted octanol–water partition coefficient (Wildman–Crippen LogP) is 2.04. The van der Waals surface area contributed by atoms with Crippen LogP contribution in [0.1, 0.15) is 5.56 Å². The monoisotopic (exact) mass is 333 g/mol. The van der Waals surface area contributed by atoms with Crippen LogP contribution in [0.3, 0.4) is 0 Å². The van der Waals surface area contributed by atoms with Crippen LogP contribution in [0.4, 0.5) is 18.0 Å². The third kappa shape index (κ3) is 4.59. The lowest BCUT2D eigenvalue weighted by Gasteiger charge is -2.36. The Morgan fingerprint density at radius 3 is 2.48 bits per heavy atom. The Bertz CT molecular complexity index is 563. The van der Waals surface area contributed by atoms with E-state index in [-0.39, 0.29) is 6.61 Å². The second-order valence-corrected chi connectivity index (χ2v) is 4.94. The van der Waals surface area contributed by atoms with Crippen LogP contribution in [0, 0.1) is 0 Å². The molecule has 126 valence electrons. The highest BCUT2D eigenvalue weighted by atomic mass is 19.4. The Morgan fingerprint density at radius 2 is 1.91 bits per heavy atom. The summed E-state index contributed by atoms with van der Waals surface area (Å²) < 4.78 is 47.7. The molecular formula is C14H14F3NO5. The molecule has 1 aromatic carbocycles. The number of rotatable bonds is 3. The van der Waals surface area contributed by atoms with Crippen LogP contribution in [-0.4, -0.2) is 53.5 Å². The Morgan fingerprint density at radius 1 is 1.26 bits per heavy atom. The molecule has 23 heavy (non-hydrogen) atoms. The zero-order valence-corrected chi connectivity index (χ0v) is 11.8. The molecular weight excluding hydrogens is 319 g/mol. The molecule has 0 saturated carbocycles. The first-order chi connectivity index (χ1) is 10.8. The quantitative estimate of drug-likeness (QED) is 0.916. The van der Waals surface area contributed by atoms with E-state index < -0.39 is 43.5 Å². The van der Waals surface area contributed by atoms with Crippen molar-refractivity contribution in [2.45, 2.75) is 25.0 Å². The van der Waals surface area contributed by atoms with Crippen LogP contribution < -0.4 is 0 Å². The van der Waals surface area contributed by atoms with E-state index >= 15 is 0 Å². The first-order valence-electron chi connectivity index (χ1n) is 6.68. The average Bonchev–Trinajstić information content (AvgIpc) is 2.52. The zero-order valence-electron chi connectivity index (χ0n) is 11.8. The Balaban J connectivity index is 2.01. The van der Waals surface area contributed by atoms with E-state index in [9.17, 15) is 22.8 Å². The maximum atomic E-state index is 12.8. The maximum absolute atomic E-state index is 12.8. The summed E-state index contributed by atoms with van der Waals surface area (Å²) in [5.74, 6) is -1.57. The SMILES string of the molecule is O=C(O)C1CN(C(=O)OCc2ccccc2)CC(C(F)(F)F)O1. The summed E-state index contributed by atoms with van der Waals surface area (Å²) in [4.78, 5) is 23.5. The molecule has 0 bridgehead atoms. The van der Waals surface area contributed by atoms with Gasteiger partial charge in [-0.25, -0.2) is 9.59 Å². The minimum atomic E-state index is -4.77. The molecule has 2 rings (SSSR count). The van der Waals surface area contributed by atoms with Gasteiger partial charge in [0.05, 0.1) is 13.1 Å². The molecule has 1 aromatic rings. The molecule has 0 aliphatic carbocycles. The first kappa shape index (κ1) is 17.1. The molecule has 9 heteroatoms. The number of alkyl halides is 3. The number of benzene rings is 1. The van der Waals surface area contributed by atoms with Gasteiger partial charge in [0.2, 0.25) is 0 Å². The van der Waals surface area contributed by atoms with Crippen molar-refractivity contribution in [3.05, 3.63) is 35.9 Å². The van der Waals surface area contributed by atoms with Crippen molar-refractivity contribution >= 4 is 12.1 Å². The highest BCUT2D eigenvalue weighted by molar-refractivity contribution is 5.75. The van der Waals surface area contributed by atoms with Crippen molar-refractivity contribution in [2.75, 3.05) is 13.1 Å². The molecule has 6 nitrogen and oxygen atoms in total. The Kier molecular flexibility index (Phi) is 5.09. The van der Waals surface area contributed by atoms with Crippen LogP contribution in [0.15, 0.2) is 30.3 Å². The van der Waals surface area contributed by atoms with Crippen molar-refractivity contribution in [3.63, 3.8) is 0 Å². The van der Waals surface area contributed by atoms with Gasteiger partial charge in [-0.3, -0.25) is 0 Å². The normalized spacial score (nSPS) is 21.8. The van der Waals surface area contributed by atoms with Gasteiger partial charge >= 0.3 is 18.2 Å². The molecule has 1 saturated heterocycles. The number of halogens is 3. The van der Waals surface area contributed by atoms with E-state index in [0.717, 1.165) is 0 Å². The lowest BCUT2D eigenvalue weighted by Crippen LogP contribution is -2.56. The summed E-state index contributed by atoms with van der Waals surface area (Å²) in [5, 5.41) is 8.86. The topological polar surface area (TPSA) is 76.1 Å². The Hall–Kier alpha value is -2.29. The van der Waals surface area contributed by atoms with E-state index in [1.807, 2.05) is 0 Å². The molecule has 1 heterocycles. The highest BCUT2D eigenvalue weighted by Crippen LogP contribution is 2.28. The number of carboxylic acid groups (broad SMARTS) is 1. The molecule has 1 aliphatic rings. The zero-order chi connectivity index (χ0) is 17.0. The summed E-state index contributed by atoms with van der Waals surface area (Å²) in [5.41, 5.74) is 0.663. The third-order valence-corrected chi connectivity index (χ3v) is 3.20. The first-order valence-corrected chi connectivity index (χ1v) is 6.68. The van der Waals surface area contributed by atoms with E-state index in [4.69, 9.17) is 9.84 Å². The van der Waals surface area contributed by atoms with Gasteiger partial charge in [-0.15, -0.1) is 0 Å². The summed E-state index contributed by atoms with van der Waals surface area (Å²) >= 11 is 0. The number of ether oxygens (including phenoxy) is 2. The summed E-state index contributed by atoms with van der Waals surface area (Å²) in [6.07, 6.45) is -9.90. The fraction of sp³-hybridized carbons (Fsp3) is 0.429. The lowest BCUT2D eigenvalue weighted by molar-refractivity contribution is -0.250. The number of hydrogen-bond donors (Lipinski definition) is 1. The second kappa shape index (κ2) is 6.86. The third-order valence-electron chi connectivity index (χ3n) is 3.20. The molecule has 0 spiro atoms. The molecule has 1 amide bonds. The molecule has 2 unspecified atom stereocenters. The number of hydrogen-bond acceptors (Lipinski definition) is 4. The number of carboxylic acids is 1. The van der Waals surface area contributed by atoms with Crippen LogP contribution in [0.25, 0.3) is 0 Å². The van der Waals surface area contributed by atoms with Crippen molar-refractivity contribution in [1.29, 1.82) is 0 Å². The number of aliphatic carboxylic acids is 1. The number of morpholine rings is 1. The van der Waals surface area contributed by atoms with Gasteiger partial charge in [0.15, 0.2) is 12.2 Å². The van der Waals surface area contributed by atoms with Gasteiger partial charge in [0.1, 0.15) is 6.61 Å². The number of nitrogens with zero attached hydrogens (tertiary/aromatic N) is 1. The number of carbonyl (C=O) groups excluding carboxylic acids is 1. The molecule has 0 aromatic heterocycles. The summed E-state index contributed by atoms with van der Waals surface area (Å²) in [7, 11) is 0. The van der Waals surface area contributed by atoms with Crippen molar-refractivity contribution in [3.8, 4) is 0 Å². The van der Waals surface area contributed by atoms with Gasteiger partial charge in [-0.2, -0.15) is 13.2 Å². The number of amides is 1. The smallest absolute Gasteiger partial charge is 0.416 e. The van der Waals surface area contributed by atoms with Gasteiger partial charge in [-0.05, 0) is 5.56 Å². The van der Waals surface area contributed by atoms with Gasteiger partial charge < -0.3 is 19.5 Å². The fourth-order valence-electron chi connectivity index (χ4n) is 2.04. The van der Waals surface area contributed by atoms with Gasteiger partial charge in [0.25, 0.3) is 0 Å². The van der Waals surface area contributed by atoms with Crippen molar-refractivity contribution in [2.24, 2.45) is 0 Å². The largest absolute Gasteiger partial charge is 0.479 e. The average molecular weight is 333 g/mol. The number of carbonyl (C=O) groups is 2. The minimum Gasteiger partial charge on any atom is -0.479 e. The molecule has 1 aliphatic heterocycles. The summed E-state index contributed by atoms with van der Waals surface area (Å²) in [6, 6.07) is 8.57. The van der Waals surface area contributed by atoms with Gasteiger partial charge in [0, 0.05) is 0 Å². The van der Waals surface area contributed by atoms with Crippen molar-refractivity contribution in [1.82, 2.24) is 4.90 Å². The van der Waals surface area contributed by atoms with E-state index in [1.54, 1.807) is 30.3 Å². The van der Waals surface area contributed by atoms with Crippen LogP contribution in [0.5, 0.6) is 0 Å². The van der Waals surface area contributed by atoms with E-state index in [2.05, 4.69) is 4.74 Å². The second-order valence-electron chi connectivity index (χ2n) is 4.94. The predicted molar refractivity (Wildman–Crippen MR) is 70.6 cm³/mol. The lowest BCUT2D eigenvalue weighted by atomic mass is 10.2. The van der Waals surface area contributed by atoms with E-state index in [1.165, 1.54) is 0 Å². The van der Waals surface area contributed by atoms with Crippen LogP contribution in [-0.2, 0) is 20.9 Å². The summed E-state index contributed by atoms with van der Waals surface area (Å²) in [6.45, 7) is -1.43. The minimum absolute atomic E-state index is 0.120. The van der Waals surface area contributed by atoms with E-state index in [0.29, 0.717) is 10.5 Å². The molecule has 0 radical (unpaired) electrons. The Labute approximate surface area is 129 Å². The molecule has 1 fully saturated rings. The highest BCUT2D eigenvalue weighted by Gasteiger charge is 2.48. The van der Waals surface area contributed by atoms with Crippen LogP contribution >= 0.6 is 0 Å². The maximum Gasteiger partial charge on any atom is 0.416 e. The fourth-order valence-corrected chi connectivity index (χ4v) is 2.04.